The number of carbonyl (C=O) groups excluding carboxylic acids is 2. The molecule has 4 N–H and O–H groups in total. The Kier molecular flexibility index (Phi) is 9.75. The van der Waals surface area contributed by atoms with Crippen LogP contribution in [0, 0.1) is 11.3 Å². The van der Waals surface area contributed by atoms with Crippen molar-refractivity contribution >= 4 is 40.6 Å². The molecule has 1 fully saturated rings. The summed E-state index contributed by atoms with van der Waals surface area (Å²) in [4.78, 5) is 35.6. The summed E-state index contributed by atoms with van der Waals surface area (Å²) in [6.45, 7) is 6.21. The van der Waals surface area contributed by atoms with Crippen LogP contribution in [0.4, 0.5) is 24.7 Å². The zero-order valence-electron chi connectivity index (χ0n) is 24.1. The minimum atomic E-state index is -4.76. The summed E-state index contributed by atoms with van der Waals surface area (Å²) < 4.78 is 43.4. The number of nitriles is 1. The third kappa shape index (κ3) is 6.76. The number of alkyl halides is 3. The first-order valence-electron chi connectivity index (χ1n) is 13.7. The molecule has 1 saturated heterocycles. The highest BCUT2D eigenvalue weighted by atomic mass is 35.5. The van der Waals surface area contributed by atoms with Gasteiger partial charge in [-0.1, -0.05) is 25.4 Å². The van der Waals surface area contributed by atoms with Gasteiger partial charge in [-0.05, 0) is 31.5 Å². The lowest BCUT2D eigenvalue weighted by atomic mass is 10.1. The van der Waals surface area contributed by atoms with E-state index in [1.54, 1.807) is 24.0 Å². The molecule has 4 heterocycles. The summed E-state index contributed by atoms with van der Waals surface area (Å²) in [6.07, 6.45) is 1.17. The maximum absolute atomic E-state index is 13.7. The number of rotatable bonds is 7. The van der Waals surface area contributed by atoms with E-state index in [9.17, 15) is 22.8 Å². The Morgan fingerprint density at radius 1 is 1.27 bits per heavy atom. The Labute approximate surface area is 255 Å². The van der Waals surface area contributed by atoms with E-state index >= 15 is 0 Å². The predicted octanol–water partition coefficient (Wildman–Crippen LogP) is 4.24. The van der Waals surface area contributed by atoms with Gasteiger partial charge in [0, 0.05) is 43.4 Å². The molecule has 3 aromatic heterocycles. The Bertz CT molecular complexity index is 1710. The van der Waals surface area contributed by atoms with Gasteiger partial charge in [-0.25, -0.2) is 9.97 Å². The zero-order valence-corrected chi connectivity index (χ0v) is 24.8. The third-order valence-corrected chi connectivity index (χ3v) is 7.01. The van der Waals surface area contributed by atoms with Crippen LogP contribution >= 0.6 is 11.6 Å². The van der Waals surface area contributed by atoms with E-state index in [4.69, 9.17) is 22.6 Å². The molecule has 0 spiro atoms. The number of hydrogen-bond acceptors (Lipinski definition) is 8. The summed E-state index contributed by atoms with van der Waals surface area (Å²) in [7, 11) is 0. The molecule has 16 heteroatoms. The number of amides is 2. The Balaban J connectivity index is 0.00000216. The number of halogens is 4. The van der Waals surface area contributed by atoms with Crippen LogP contribution in [0.25, 0.3) is 16.9 Å². The van der Waals surface area contributed by atoms with Gasteiger partial charge < -0.3 is 21.3 Å². The van der Waals surface area contributed by atoms with Crippen molar-refractivity contribution in [2.75, 3.05) is 18.4 Å². The van der Waals surface area contributed by atoms with E-state index in [1.807, 2.05) is 13.8 Å². The average Bonchev–Trinajstić information content (AvgIpc) is 3.72. The second-order valence-corrected chi connectivity index (χ2v) is 10.1. The lowest BCUT2D eigenvalue weighted by Crippen LogP contribution is -2.46. The lowest BCUT2D eigenvalue weighted by Gasteiger charge is -2.21. The highest BCUT2D eigenvalue weighted by molar-refractivity contribution is 6.34. The second kappa shape index (κ2) is 13.3. The topological polar surface area (TPSA) is 159 Å². The predicted molar refractivity (Wildman–Crippen MR) is 157 cm³/mol. The molecule has 232 valence electrons. The van der Waals surface area contributed by atoms with Crippen molar-refractivity contribution < 1.29 is 22.8 Å². The number of benzene rings is 1. The number of likely N-dealkylation sites (tertiary alicyclic amines) is 1. The number of aromatic nitrogens is 5. The van der Waals surface area contributed by atoms with Crippen molar-refractivity contribution in [3.8, 4) is 17.3 Å². The number of imidazole rings is 1. The van der Waals surface area contributed by atoms with E-state index in [0.29, 0.717) is 25.2 Å². The van der Waals surface area contributed by atoms with Gasteiger partial charge in [0.15, 0.2) is 17.2 Å². The molecule has 0 radical (unpaired) electrons. The molecule has 0 saturated carbocycles. The first-order chi connectivity index (χ1) is 21.0. The molecule has 2 atom stereocenters. The van der Waals surface area contributed by atoms with Crippen LogP contribution in [0.2, 0.25) is 5.02 Å². The van der Waals surface area contributed by atoms with E-state index < -0.39 is 23.8 Å². The summed E-state index contributed by atoms with van der Waals surface area (Å²) in [5, 5.41) is 18.2. The number of hydrogen-bond donors (Lipinski definition) is 3. The average molecular weight is 631 g/mol. The van der Waals surface area contributed by atoms with Gasteiger partial charge in [-0.2, -0.15) is 23.5 Å². The fraction of sp³-hybridized carbons (Fsp3) is 0.357. The molecule has 2 unspecified atom stereocenters. The zero-order chi connectivity index (χ0) is 32.2. The first kappa shape index (κ1) is 32.2. The minimum Gasteiger partial charge on any atom is -0.340 e. The lowest BCUT2D eigenvalue weighted by molar-refractivity contribution is -0.141. The van der Waals surface area contributed by atoms with E-state index in [-0.39, 0.29) is 51.8 Å². The van der Waals surface area contributed by atoms with Crippen LogP contribution in [0.3, 0.4) is 0 Å². The van der Waals surface area contributed by atoms with Crippen LogP contribution in [0.1, 0.15) is 43.2 Å². The monoisotopic (exact) mass is 630 g/mol. The SMILES string of the molecule is CC.CC(NC(=O)c1ccc(Nc2nccn3c(-c4cn(CC#N)nc4C(F)(F)F)cnc23)cc1Cl)C(=O)N1CCC(N)C1. The van der Waals surface area contributed by atoms with Gasteiger partial charge in [0.25, 0.3) is 5.91 Å². The number of nitrogens with zero attached hydrogens (tertiary/aromatic N) is 7. The van der Waals surface area contributed by atoms with E-state index in [1.165, 1.54) is 35.1 Å². The smallest absolute Gasteiger partial charge is 0.340 e. The molecule has 4 aromatic rings. The Hall–Kier alpha value is -4.68. The van der Waals surface area contributed by atoms with Crippen LogP contribution in [0.15, 0.2) is 43.0 Å². The summed E-state index contributed by atoms with van der Waals surface area (Å²) >= 11 is 6.40. The number of nitrogens with one attached hydrogen (secondary N) is 2. The quantitative estimate of drug-likeness (QED) is 0.273. The van der Waals surface area contributed by atoms with Crippen LogP contribution in [-0.4, -0.2) is 66.0 Å². The highest BCUT2D eigenvalue weighted by Crippen LogP contribution is 2.37. The number of anilines is 2. The van der Waals surface area contributed by atoms with Gasteiger partial charge >= 0.3 is 6.18 Å². The van der Waals surface area contributed by atoms with Crippen molar-refractivity contribution in [2.45, 2.75) is 52.0 Å². The number of nitrogens with two attached hydrogens (primary N) is 1. The number of carbonyl (C=O) groups is 2. The largest absolute Gasteiger partial charge is 0.435 e. The van der Waals surface area contributed by atoms with Gasteiger partial charge in [-0.3, -0.25) is 18.7 Å². The van der Waals surface area contributed by atoms with Crippen LogP contribution in [-0.2, 0) is 17.5 Å². The van der Waals surface area contributed by atoms with Crippen molar-refractivity contribution in [1.29, 1.82) is 5.26 Å². The summed E-state index contributed by atoms with van der Waals surface area (Å²) in [5.41, 5.74) is 5.34. The van der Waals surface area contributed by atoms with Crippen molar-refractivity contribution in [1.82, 2.24) is 34.4 Å². The fourth-order valence-electron chi connectivity index (χ4n) is 4.69. The Morgan fingerprint density at radius 3 is 2.66 bits per heavy atom. The maximum Gasteiger partial charge on any atom is 0.435 e. The normalized spacial score (nSPS) is 15.3. The van der Waals surface area contributed by atoms with Crippen LogP contribution < -0.4 is 16.4 Å². The standard InChI is InChI=1S/C26H24ClF3N10O2.C2H6/c1-14(25(42)38-7-4-15(32)12-38)35-24(41)17-3-2-16(10-19(17)27)36-22-23-34-11-20(40(23)9-6-33-22)18-13-39(8-5-31)37-21(18)26(28,29)30;1-2/h2-3,6,9-11,13-15H,4,7-8,12,32H2,1H3,(H,33,36)(H,35,41);1-2H3. The molecule has 12 nitrogen and oxygen atoms in total. The molecule has 0 bridgehead atoms. The maximum atomic E-state index is 13.7. The molecule has 1 aliphatic rings. The molecule has 2 amide bonds. The minimum absolute atomic E-state index is 0.0777. The summed E-state index contributed by atoms with van der Waals surface area (Å²) in [5.74, 6) is -0.562. The molecule has 0 aliphatic carbocycles. The van der Waals surface area contributed by atoms with Crippen molar-refractivity contribution in [3.63, 3.8) is 0 Å². The molecule has 5 rings (SSSR count). The number of fused-ring (bicyclic) bond motifs is 1. The van der Waals surface area contributed by atoms with E-state index in [2.05, 4.69) is 25.7 Å². The van der Waals surface area contributed by atoms with E-state index in [0.717, 1.165) is 10.9 Å². The van der Waals surface area contributed by atoms with Gasteiger partial charge in [0.2, 0.25) is 5.91 Å². The van der Waals surface area contributed by atoms with Gasteiger partial charge in [-0.15, -0.1) is 0 Å². The summed E-state index contributed by atoms with van der Waals surface area (Å²) in [6, 6.07) is 5.43. The van der Waals surface area contributed by atoms with Gasteiger partial charge in [0.1, 0.15) is 12.6 Å². The Morgan fingerprint density at radius 2 is 2.02 bits per heavy atom. The third-order valence-electron chi connectivity index (χ3n) is 6.70. The van der Waals surface area contributed by atoms with Crippen LogP contribution in [0.5, 0.6) is 0 Å². The molecule has 1 aliphatic heterocycles. The molecule has 44 heavy (non-hydrogen) atoms. The van der Waals surface area contributed by atoms with Crippen molar-refractivity contribution in [3.05, 3.63) is 59.3 Å². The fourth-order valence-corrected chi connectivity index (χ4v) is 4.96. The van der Waals surface area contributed by atoms with Gasteiger partial charge in [0.05, 0.1) is 34.1 Å². The molecular formula is C28H30ClF3N10O2. The molecule has 1 aromatic carbocycles. The molecular weight excluding hydrogens is 601 g/mol. The second-order valence-electron chi connectivity index (χ2n) is 9.71. The first-order valence-corrected chi connectivity index (χ1v) is 14.1. The highest BCUT2D eigenvalue weighted by Gasteiger charge is 2.38. The van der Waals surface area contributed by atoms with Crippen molar-refractivity contribution in [2.24, 2.45) is 5.73 Å².